The highest BCUT2D eigenvalue weighted by atomic mass is 35.5. The molecule has 0 aliphatic carbocycles. The second-order valence-corrected chi connectivity index (χ2v) is 6.69. The number of aromatic nitrogens is 1. The van der Waals surface area contributed by atoms with Crippen LogP contribution in [0.5, 0.6) is 0 Å². The first-order chi connectivity index (χ1) is 9.32. The Bertz CT molecular complexity index is 564. The average molecular weight is 297 g/mol. The Hall–Kier alpha value is -1.33. The summed E-state index contributed by atoms with van der Waals surface area (Å²) in [5.41, 5.74) is 0.830. The highest BCUT2D eigenvalue weighted by molar-refractivity contribution is 6.30. The fraction of sp³-hybridized carbons (Fsp3) is 0.571. The minimum Gasteiger partial charge on any atom is -0.444 e. The van der Waals surface area contributed by atoms with Crippen molar-refractivity contribution in [3.05, 3.63) is 28.5 Å². The molecule has 2 aliphatic rings. The van der Waals surface area contributed by atoms with Gasteiger partial charge in [-0.1, -0.05) is 11.6 Å². The van der Waals surface area contributed by atoms with Gasteiger partial charge in [0.05, 0.1) is 30.5 Å². The number of carbonyl (C=O) groups excluding carboxylic acids is 1. The van der Waals surface area contributed by atoms with Crippen molar-refractivity contribution in [2.45, 2.75) is 38.5 Å². The molecule has 20 heavy (non-hydrogen) atoms. The lowest BCUT2D eigenvalue weighted by atomic mass is 9.92. The van der Waals surface area contributed by atoms with Crippen LogP contribution in [-0.4, -0.2) is 34.8 Å². The molecule has 1 aromatic rings. The van der Waals surface area contributed by atoms with Crippen LogP contribution in [0.4, 0.5) is 4.79 Å². The summed E-state index contributed by atoms with van der Waals surface area (Å²) in [6, 6.07) is 1.86. The Kier molecular flexibility index (Phi) is 2.95. The van der Waals surface area contributed by atoms with E-state index in [1.54, 1.807) is 11.1 Å². The Morgan fingerprint density at radius 1 is 1.50 bits per heavy atom. The number of hydrogen-bond donors (Lipinski definition) is 0. The van der Waals surface area contributed by atoms with Gasteiger partial charge in [0.2, 0.25) is 0 Å². The van der Waals surface area contributed by atoms with Crippen LogP contribution in [0.15, 0.2) is 12.3 Å². The first-order valence-electron chi connectivity index (χ1n) is 6.55. The average Bonchev–Trinajstić information content (AvgIpc) is 2.60. The van der Waals surface area contributed by atoms with Crippen molar-refractivity contribution in [3.8, 4) is 0 Å². The number of pyridine rings is 1. The fourth-order valence-corrected chi connectivity index (χ4v) is 2.80. The van der Waals surface area contributed by atoms with E-state index in [4.69, 9.17) is 21.1 Å². The zero-order valence-electron chi connectivity index (χ0n) is 11.8. The van der Waals surface area contributed by atoms with Gasteiger partial charge in [-0.25, -0.2) is 4.79 Å². The van der Waals surface area contributed by atoms with Crippen LogP contribution in [0.2, 0.25) is 5.02 Å². The molecule has 1 amide bonds. The summed E-state index contributed by atoms with van der Waals surface area (Å²) in [6.45, 7) is 6.93. The van der Waals surface area contributed by atoms with Gasteiger partial charge in [-0.05, 0) is 32.4 Å². The maximum Gasteiger partial charge on any atom is 0.411 e. The molecule has 2 aliphatic heterocycles. The van der Waals surface area contributed by atoms with Gasteiger partial charge < -0.3 is 9.47 Å². The Labute approximate surface area is 122 Å². The fourth-order valence-electron chi connectivity index (χ4n) is 2.61. The van der Waals surface area contributed by atoms with E-state index in [1.165, 1.54) is 0 Å². The quantitative estimate of drug-likeness (QED) is 0.738. The standard InChI is InChI=1S/C14H17ClN2O3/c1-13(2,3)20-12(18)17-6-9-4-10(15)5-16-11(9)14(17)7-19-8-14/h4-5H,6-8H2,1-3H3. The van der Waals surface area contributed by atoms with E-state index < -0.39 is 11.1 Å². The Balaban J connectivity index is 1.93. The Morgan fingerprint density at radius 2 is 2.20 bits per heavy atom. The molecule has 0 N–H and O–H groups in total. The molecule has 0 saturated carbocycles. The van der Waals surface area contributed by atoms with Gasteiger partial charge >= 0.3 is 6.09 Å². The minimum atomic E-state index is -0.525. The molecule has 0 unspecified atom stereocenters. The second kappa shape index (κ2) is 4.33. The normalized spacial score (nSPS) is 19.7. The van der Waals surface area contributed by atoms with Crippen molar-refractivity contribution in [3.63, 3.8) is 0 Å². The number of ether oxygens (including phenoxy) is 2. The van der Waals surface area contributed by atoms with E-state index in [0.717, 1.165) is 11.3 Å². The minimum absolute atomic E-state index is 0.338. The summed E-state index contributed by atoms with van der Waals surface area (Å²) in [5.74, 6) is 0. The van der Waals surface area contributed by atoms with Gasteiger partial charge in [0.15, 0.2) is 0 Å². The number of amides is 1. The van der Waals surface area contributed by atoms with Gasteiger partial charge in [-0.2, -0.15) is 0 Å². The van der Waals surface area contributed by atoms with Gasteiger partial charge in [-0.3, -0.25) is 9.88 Å². The van der Waals surface area contributed by atoms with E-state index in [-0.39, 0.29) is 6.09 Å². The van der Waals surface area contributed by atoms with Crippen LogP contribution in [0.3, 0.4) is 0 Å². The van der Waals surface area contributed by atoms with Crippen molar-refractivity contribution in [1.82, 2.24) is 9.88 Å². The first-order valence-corrected chi connectivity index (χ1v) is 6.93. The first kappa shape index (κ1) is 13.6. The largest absolute Gasteiger partial charge is 0.444 e. The molecule has 6 heteroatoms. The maximum atomic E-state index is 12.4. The summed E-state index contributed by atoms with van der Waals surface area (Å²) in [5, 5.41) is 0.574. The van der Waals surface area contributed by atoms with Crippen LogP contribution in [0.1, 0.15) is 32.0 Å². The van der Waals surface area contributed by atoms with Gasteiger partial charge in [0, 0.05) is 6.20 Å². The lowest BCUT2D eigenvalue weighted by Crippen LogP contribution is -2.58. The molecule has 0 atom stereocenters. The van der Waals surface area contributed by atoms with Gasteiger partial charge in [-0.15, -0.1) is 0 Å². The molecule has 1 aromatic heterocycles. The third kappa shape index (κ3) is 2.05. The third-order valence-corrected chi connectivity index (χ3v) is 3.72. The van der Waals surface area contributed by atoms with E-state index >= 15 is 0 Å². The number of hydrogen-bond acceptors (Lipinski definition) is 4. The van der Waals surface area contributed by atoms with Crippen LogP contribution in [-0.2, 0) is 21.6 Å². The second-order valence-electron chi connectivity index (χ2n) is 6.25. The molecule has 1 fully saturated rings. The number of carbonyl (C=O) groups is 1. The molecule has 1 spiro atoms. The summed E-state index contributed by atoms with van der Waals surface area (Å²) >= 11 is 5.98. The molecule has 0 radical (unpaired) electrons. The Morgan fingerprint density at radius 3 is 2.75 bits per heavy atom. The van der Waals surface area contributed by atoms with Crippen molar-refractivity contribution in [1.29, 1.82) is 0 Å². The molecule has 5 nitrogen and oxygen atoms in total. The monoisotopic (exact) mass is 296 g/mol. The smallest absolute Gasteiger partial charge is 0.411 e. The van der Waals surface area contributed by atoms with Crippen LogP contribution in [0, 0.1) is 0 Å². The zero-order valence-corrected chi connectivity index (χ0v) is 12.5. The molecule has 3 rings (SSSR count). The summed E-state index contributed by atoms with van der Waals surface area (Å²) < 4.78 is 10.8. The van der Waals surface area contributed by atoms with Crippen molar-refractivity contribution < 1.29 is 14.3 Å². The van der Waals surface area contributed by atoms with Crippen LogP contribution < -0.4 is 0 Å². The van der Waals surface area contributed by atoms with E-state index in [9.17, 15) is 4.79 Å². The van der Waals surface area contributed by atoms with Crippen LogP contribution in [0.25, 0.3) is 0 Å². The van der Waals surface area contributed by atoms with Gasteiger partial charge in [0.1, 0.15) is 11.1 Å². The van der Waals surface area contributed by atoms with Gasteiger partial charge in [0.25, 0.3) is 0 Å². The summed E-state index contributed by atoms with van der Waals surface area (Å²) in [6.07, 6.45) is 1.27. The van der Waals surface area contributed by atoms with E-state index in [2.05, 4.69) is 4.98 Å². The highest BCUT2D eigenvalue weighted by Gasteiger charge is 2.55. The van der Waals surface area contributed by atoms with Crippen LogP contribution >= 0.6 is 11.6 Å². The SMILES string of the molecule is CC(C)(C)OC(=O)N1Cc2cc(Cl)cnc2C12COC2. The topological polar surface area (TPSA) is 51.7 Å². The highest BCUT2D eigenvalue weighted by Crippen LogP contribution is 2.44. The van der Waals surface area contributed by atoms with Crippen molar-refractivity contribution in [2.24, 2.45) is 0 Å². The lowest BCUT2D eigenvalue weighted by Gasteiger charge is -2.44. The molecule has 0 aromatic carbocycles. The predicted octanol–water partition coefficient (Wildman–Crippen LogP) is 2.71. The van der Waals surface area contributed by atoms with E-state index in [1.807, 2.05) is 26.8 Å². The molecule has 0 bridgehead atoms. The molecule has 108 valence electrons. The summed E-state index contributed by atoms with van der Waals surface area (Å²) in [4.78, 5) is 18.5. The zero-order chi connectivity index (χ0) is 14.5. The molecular formula is C14H17ClN2O3. The third-order valence-electron chi connectivity index (χ3n) is 3.51. The maximum absolute atomic E-state index is 12.4. The number of halogens is 1. The molecular weight excluding hydrogens is 280 g/mol. The number of nitrogens with zero attached hydrogens (tertiary/aromatic N) is 2. The van der Waals surface area contributed by atoms with E-state index in [0.29, 0.717) is 24.8 Å². The molecule has 1 saturated heterocycles. The summed E-state index contributed by atoms with van der Waals surface area (Å²) in [7, 11) is 0. The van der Waals surface area contributed by atoms with Crippen molar-refractivity contribution in [2.75, 3.05) is 13.2 Å². The predicted molar refractivity (Wildman–Crippen MR) is 73.5 cm³/mol. The molecule has 3 heterocycles. The van der Waals surface area contributed by atoms with Crippen molar-refractivity contribution >= 4 is 17.7 Å². The number of rotatable bonds is 0. The number of fused-ring (bicyclic) bond motifs is 2. The lowest BCUT2D eigenvalue weighted by molar-refractivity contribution is -0.137.